The van der Waals surface area contributed by atoms with Crippen LogP contribution in [0.15, 0.2) is 52.9 Å². The quantitative estimate of drug-likeness (QED) is 0.632. The first-order valence-electron chi connectivity index (χ1n) is 9.07. The van der Waals surface area contributed by atoms with Gasteiger partial charge in [-0.05, 0) is 62.4 Å². The summed E-state index contributed by atoms with van der Waals surface area (Å²) in [6, 6.07) is 14.6. The number of carbonyl (C=O) groups excluding carboxylic acids is 1. The van der Waals surface area contributed by atoms with Crippen molar-refractivity contribution in [1.82, 2.24) is 10.2 Å². The molecule has 7 nitrogen and oxygen atoms in total. The zero-order valence-corrected chi connectivity index (χ0v) is 16.1. The molecule has 0 aliphatic carbocycles. The van der Waals surface area contributed by atoms with Crippen molar-refractivity contribution in [2.45, 2.75) is 32.8 Å². The Kier molecular flexibility index (Phi) is 6.26. The number of hydrogen-bond acceptors (Lipinski definition) is 6. The maximum atomic E-state index is 12.1. The Morgan fingerprint density at radius 1 is 1.04 bits per heavy atom. The topological polar surface area (TPSA) is 86.5 Å². The lowest BCUT2D eigenvalue weighted by molar-refractivity contribution is -0.116. The van der Waals surface area contributed by atoms with Gasteiger partial charge in [-0.15, -0.1) is 10.2 Å². The Hall–Kier alpha value is -3.35. The van der Waals surface area contributed by atoms with Crippen molar-refractivity contribution in [3.05, 3.63) is 54.4 Å². The van der Waals surface area contributed by atoms with E-state index >= 15 is 0 Å². The summed E-state index contributed by atoms with van der Waals surface area (Å²) >= 11 is 0. The van der Waals surface area contributed by atoms with Crippen molar-refractivity contribution in [3.8, 4) is 23.0 Å². The van der Waals surface area contributed by atoms with E-state index in [1.807, 2.05) is 62.4 Å². The highest BCUT2D eigenvalue weighted by Crippen LogP contribution is 2.22. The second-order valence-electron chi connectivity index (χ2n) is 6.47. The average Bonchev–Trinajstić information content (AvgIpc) is 3.17. The van der Waals surface area contributed by atoms with Gasteiger partial charge < -0.3 is 19.2 Å². The molecule has 0 fully saturated rings. The van der Waals surface area contributed by atoms with Crippen LogP contribution in [0.4, 0.5) is 5.69 Å². The maximum Gasteiger partial charge on any atom is 0.247 e. The Balaban J connectivity index is 1.51. The summed E-state index contributed by atoms with van der Waals surface area (Å²) in [5.74, 6) is 2.23. The molecule has 28 heavy (non-hydrogen) atoms. The lowest BCUT2D eigenvalue weighted by Gasteiger charge is -2.10. The monoisotopic (exact) mass is 381 g/mol. The summed E-state index contributed by atoms with van der Waals surface area (Å²) in [5.41, 5.74) is 1.51. The van der Waals surface area contributed by atoms with Gasteiger partial charge in [0.05, 0.1) is 13.2 Å². The number of hydrogen-bond donors (Lipinski definition) is 1. The van der Waals surface area contributed by atoms with E-state index in [4.69, 9.17) is 13.9 Å². The third kappa shape index (κ3) is 5.33. The lowest BCUT2D eigenvalue weighted by atomic mass is 10.2. The zero-order valence-electron chi connectivity index (χ0n) is 16.1. The molecule has 0 atom stereocenters. The molecule has 1 N–H and O–H groups in total. The number of rotatable bonds is 8. The standard InChI is InChI=1S/C21H23N3O4/c1-14(2)27-18-10-6-16(7-11-18)22-19(25)12-13-20-23-24-21(28-20)15-4-8-17(26-3)9-5-15/h4-11,14H,12-13H2,1-3H3,(H,22,25). The fourth-order valence-electron chi connectivity index (χ4n) is 2.54. The molecule has 3 rings (SSSR count). The average molecular weight is 381 g/mol. The van der Waals surface area contributed by atoms with Gasteiger partial charge in [0.1, 0.15) is 11.5 Å². The van der Waals surface area contributed by atoms with E-state index in [-0.39, 0.29) is 18.4 Å². The van der Waals surface area contributed by atoms with Gasteiger partial charge in [-0.2, -0.15) is 0 Å². The van der Waals surface area contributed by atoms with Gasteiger partial charge in [0.25, 0.3) is 0 Å². The van der Waals surface area contributed by atoms with Crippen LogP contribution in [0.25, 0.3) is 11.5 Å². The second-order valence-corrected chi connectivity index (χ2v) is 6.47. The van der Waals surface area contributed by atoms with Gasteiger partial charge in [-0.25, -0.2) is 0 Å². The zero-order chi connectivity index (χ0) is 19.9. The summed E-state index contributed by atoms with van der Waals surface area (Å²) in [7, 11) is 1.61. The smallest absolute Gasteiger partial charge is 0.247 e. The molecule has 3 aromatic rings. The minimum Gasteiger partial charge on any atom is -0.497 e. The number of nitrogens with zero attached hydrogens (tertiary/aromatic N) is 2. The largest absolute Gasteiger partial charge is 0.497 e. The van der Waals surface area contributed by atoms with Crippen LogP contribution in [-0.2, 0) is 11.2 Å². The first-order chi connectivity index (χ1) is 13.5. The van der Waals surface area contributed by atoms with Gasteiger partial charge in [0.15, 0.2) is 0 Å². The van der Waals surface area contributed by atoms with Crippen molar-refractivity contribution in [2.75, 3.05) is 12.4 Å². The molecule has 0 unspecified atom stereocenters. The molecule has 1 amide bonds. The van der Waals surface area contributed by atoms with Crippen molar-refractivity contribution in [1.29, 1.82) is 0 Å². The van der Waals surface area contributed by atoms with Crippen molar-refractivity contribution in [2.24, 2.45) is 0 Å². The Labute approximate surface area is 163 Å². The molecule has 1 aromatic heterocycles. The predicted molar refractivity (Wildman–Crippen MR) is 105 cm³/mol. The van der Waals surface area contributed by atoms with Gasteiger partial charge in [0.2, 0.25) is 17.7 Å². The van der Waals surface area contributed by atoms with E-state index in [1.54, 1.807) is 7.11 Å². The predicted octanol–water partition coefficient (Wildman–Crippen LogP) is 4.10. The van der Waals surface area contributed by atoms with E-state index in [2.05, 4.69) is 15.5 Å². The first kappa shape index (κ1) is 19.4. The highest BCUT2D eigenvalue weighted by atomic mass is 16.5. The Morgan fingerprint density at radius 3 is 2.36 bits per heavy atom. The summed E-state index contributed by atoms with van der Waals surface area (Å²) in [6.45, 7) is 3.93. The molecule has 0 aliphatic rings. The molecule has 0 saturated carbocycles. The first-order valence-corrected chi connectivity index (χ1v) is 9.07. The molecule has 0 aliphatic heterocycles. The third-order valence-corrected chi connectivity index (χ3v) is 3.88. The number of carbonyl (C=O) groups is 1. The number of methoxy groups -OCH3 is 1. The normalized spacial score (nSPS) is 10.7. The van der Waals surface area contributed by atoms with Crippen LogP contribution >= 0.6 is 0 Å². The van der Waals surface area contributed by atoms with Gasteiger partial charge in [-0.1, -0.05) is 0 Å². The number of anilines is 1. The Morgan fingerprint density at radius 2 is 1.71 bits per heavy atom. The van der Waals surface area contributed by atoms with Crippen molar-refractivity contribution >= 4 is 11.6 Å². The van der Waals surface area contributed by atoms with Crippen LogP contribution in [0.2, 0.25) is 0 Å². The molecule has 1 heterocycles. The van der Waals surface area contributed by atoms with Crippen LogP contribution in [0, 0.1) is 0 Å². The number of aromatic nitrogens is 2. The summed E-state index contributed by atoms with van der Waals surface area (Å²) in [4.78, 5) is 12.1. The maximum absolute atomic E-state index is 12.1. The van der Waals surface area contributed by atoms with Crippen LogP contribution in [0.5, 0.6) is 11.5 Å². The number of amides is 1. The van der Waals surface area contributed by atoms with Gasteiger partial charge >= 0.3 is 0 Å². The molecule has 0 bridgehead atoms. The SMILES string of the molecule is COc1ccc(-c2nnc(CCC(=O)Nc3ccc(OC(C)C)cc3)o2)cc1. The highest BCUT2D eigenvalue weighted by Gasteiger charge is 2.11. The highest BCUT2D eigenvalue weighted by molar-refractivity contribution is 5.90. The molecule has 7 heteroatoms. The van der Waals surface area contributed by atoms with Gasteiger partial charge in [0, 0.05) is 24.1 Å². The van der Waals surface area contributed by atoms with Crippen molar-refractivity contribution in [3.63, 3.8) is 0 Å². The van der Waals surface area contributed by atoms with Crippen molar-refractivity contribution < 1.29 is 18.7 Å². The molecular formula is C21H23N3O4. The number of nitrogens with one attached hydrogen (secondary N) is 1. The van der Waals surface area contributed by atoms with Gasteiger partial charge in [-0.3, -0.25) is 4.79 Å². The molecule has 2 aromatic carbocycles. The molecule has 0 saturated heterocycles. The Bertz CT molecular complexity index is 902. The van der Waals surface area contributed by atoms with E-state index < -0.39 is 0 Å². The van der Waals surface area contributed by atoms with E-state index in [9.17, 15) is 4.79 Å². The fourth-order valence-corrected chi connectivity index (χ4v) is 2.54. The minimum atomic E-state index is -0.123. The second kappa shape index (κ2) is 9.03. The van der Waals surface area contributed by atoms with E-state index in [1.165, 1.54) is 0 Å². The van der Waals surface area contributed by atoms with Crippen LogP contribution in [0.1, 0.15) is 26.2 Å². The van der Waals surface area contributed by atoms with E-state index in [0.29, 0.717) is 23.9 Å². The molecular weight excluding hydrogens is 358 g/mol. The summed E-state index contributed by atoms with van der Waals surface area (Å²) in [5, 5.41) is 10.9. The van der Waals surface area contributed by atoms with E-state index in [0.717, 1.165) is 17.1 Å². The molecule has 0 spiro atoms. The molecule has 146 valence electrons. The molecule has 0 radical (unpaired) electrons. The van der Waals surface area contributed by atoms with Crippen LogP contribution in [0.3, 0.4) is 0 Å². The summed E-state index contributed by atoms with van der Waals surface area (Å²) < 4.78 is 16.4. The fraction of sp³-hybridized carbons (Fsp3) is 0.286. The number of benzene rings is 2. The lowest BCUT2D eigenvalue weighted by Crippen LogP contribution is -2.12. The minimum absolute atomic E-state index is 0.109. The summed E-state index contributed by atoms with van der Waals surface area (Å²) in [6.07, 6.45) is 0.718. The van der Waals surface area contributed by atoms with Crippen LogP contribution < -0.4 is 14.8 Å². The third-order valence-electron chi connectivity index (χ3n) is 3.88. The number of ether oxygens (including phenoxy) is 2. The number of aryl methyl sites for hydroxylation is 1. The van der Waals surface area contributed by atoms with Crippen LogP contribution in [-0.4, -0.2) is 29.3 Å².